The first-order valence-corrected chi connectivity index (χ1v) is 11.0. The van der Waals surface area contributed by atoms with E-state index in [1.54, 1.807) is 28.7 Å². The Bertz CT molecular complexity index is 1060. The maximum Gasteiger partial charge on any atom is 0.261 e. The second-order valence-electron chi connectivity index (χ2n) is 8.29. The largest absolute Gasteiger partial charge is 0.493 e. The van der Waals surface area contributed by atoms with E-state index in [1.165, 1.54) is 7.11 Å². The van der Waals surface area contributed by atoms with Crippen LogP contribution in [0.5, 0.6) is 11.5 Å². The van der Waals surface area contributed by atoms with Crippen molar-refractivity contribution in [3.05, 3.63) is 28.3 Å². The van der Waals surface area contributed by atoms with Crippen LogP contribution < -0.4 is 15.0 Å². The molecule has 0 radical (unpaired) electrons. The Hall–Kier alpha value is -2.90. The molecule has 4 rings (SSSR count). The van der Waals surface area contributed by atoms with Gasteiger partial charge >= 0.3 is 0 Å². The zero-order valence-electron chi connectivity index (χ0n) is 18.2. The molecule has 166 valence electrons. The van der Waals surface area contributed by atoms with E-state index in [-0.39, 0.29) is 17.4 Å². The summed E-state index contributed by atoms with van der Waals surface area (Å²) in [5, 5.41) is 0.469. The predicted molar refractivity (Wildman–Crippen MR) is 116 cm³/mol. The van der Waals surface area contributed by atoms with Gasteiger partial charge in [0.25, 0.3) is 5.56 Å². The molecule has 0 N–H and O–H groups in total. The van der Waals surface area contributed by atoms with Crippen LogP contribution >= 0.6 is 0 Å². The van der Waals surface area contributed by atoms with Crippen molar-refractivity contribution in [3.8, 4) is 11.5 Å². The fraction of sp³-hybridized carbons (Fsp3) is 0.565. The van der Waals surface area contributed by atoms with Crippen molar-refractivity contribution in [1.29, 1.82) is 0 Å². The number of methoxy groups -OCH3 is 2. The Balaban J connectivity index is 1.50. The lowest BCUT2D eigenvalue weighted by Crippen LogP contribution is -2.34. The summed E-state index contributed by atoms with van der Waals surface area (Å²) in [5.74, 6) is 2.05. The van der Waals surface area contributed by atoms with Crippen molar-refractivity contribution in [2.45, 2.75) is 51.5 Å². The molecule has 1 atom stereocenters. The number of ether oxygens (including phenoxy) is 2. The standard InChI is InChI=1S/C23H29N3O5/c1-30-19-13-16-17(14-20(19)31-2)24-21-9-10-25(11-12-26(21)23(16)29)22(28)8-7-15-5-3-4-6-18(15)27/h13-15H,3-12H2,1-2H3. The van der Waals surface area contributed by atoms with Gasteiger partial charge in [0.2, 0.25) is 5.91 Å². The number of benzene rings is 1. The number of hydrogen-bond acceptors (Lipinski definition) is 6. The van der Waals surface area contributed by atoms with E-state index in [9.17, 15) is 14.4 Å². The monoisotopic (exact) mass is 427 g/mol. The van der Waals surface area contributed by atoms with E-state index in [0.717, 1.165) is 19.3 Å². The Morgan fingerprint density at radius 1 is 1.06 bits per heavy atom. The molecule has 8 nitrogen and oxygen atoms in total. The fourth-order valence-corrected chi connectivity index (χ4v) is 4.65. The van der Waals surface area contributed by atoms with E-state index >= 15 is 0 Å². The second kappa shape index (κ2) is 9.08. The van der Waals surface area contributed by atoms with Crippen LogP contribution in [0, 0.1) is 5.92 Å². The molecular weight excluding hydrogens is 398 g/mol. The average molecular weight is 428 g/mol. The van der Waals surface area contributed by atoms with Gasteiger partial charge in [0, 0.05) is 50.9 Å². The maximum atomic E-state index is 13.1. The van der Waals surface area contributed by atoms with E-state index in [0.29, 0.717) is 79.3 Å². The van der Waals surface area contributed by atoms with Crippen molar-refractivity contribution in [3.63, 3.8) is 0 Å². The summed E-state index contributed by atoms with van der Waals surface area (Å²) in [5.41, 5.74) is 0.424. The van der Waals surface area contributed by atoms with Crippen LogP contribution in [-0.4, -0.2) is 53.5 Å². The minimum atomic E-state index is -0.136. The van der Waals surface area contributed by atoms with Crippen molar-refractivity contribution in [2.24, 2.45) is 5.92 Å². The molecule has 1 saturated carbocycles. The number of amides is 1. The number of hydrogen-bond donors (Lipinski definition) is 0. The van der Waals surface area contributed by atoms with E-state index in [2.05, 4.69) is 4.98 Å². The van der Waals surface area contributed by atoms with Crippen molar-refractivity contribution >= 4 is 22.6 Å². The number of aromatic nitrogens is 2. The topological polar surface area (TPSA) is 90.7 Å². The van der Waals surface area contributed by atoms with Gasteiger partial charge in [0.05, 0.1) is 25.1 Å². The van der Waals surface area contributed by atoms with Gasteiger partial charge in [-0.3, -0.25) is 19.0 Å². The summed E-state index contributed by atoms with van der Waals surface area (Å²) >= 11 is 0. The van der Waals surface area contributed by atoms with Crippen LogP contribution in [0.2, 0.25) is 0 Å². The summed E-state index contributed by atoms with van der Waals surface area (Å²) in [6, 6.07) is 3.37. The number of Topliss-reactive ketones (excluding diaryl/α,β-unsaturated/α-hetero) is 1. The molecule has 2 aliphatic rings. The first-order valence-electron chi connectivity index (χ1n) is 11.0. The third-order valence-electron chi connectivity index (χ3n) is 6.48. The number of ketones is 1. The Kier molecular flexibility index (Phi) is 6.25. The van der Waals surface area contributed by atoms with Crippen LogP contribution in [0.15, 0.2) is 16.9 Å². The molecule has 8 heteroatoms. The molecule has 1 aliphatic carbocycles. The molecule has 2 aromatic rings. The highest BCUT2D eigenvalue weighted by Gasteiger charge is 2.25. The SMILES string of the molecule is COc1cc2nc3n(c(=O)c2cc1OC)CCN(C(=O)CCC1CCCCC1=O)CC3. The number of nitrogens with zero attached hydrogens (tertiary/aromatic N) is 3. The number of carbonyl (C=O) groups is 2. The predicted octanol–water partition coefficient (Wildman–Crippen LogP) is 2.34. The van der Waals surface area contributed by atoms with Crippen molar-refractivity contribution in [1.82, 2.24) is 14.5 Å². The zero-order chi connectivity index (χ0) is 22.0. The van der Waals surface area contributed by atoms with Gasteiger partial charge in [0.1, 0.15) is 11.6 Å². The molecule has 31 heavy (non-hydrogen) atoms. The van der Waals surface area contributed by atoms with E-state index in [4.69, 9.17) is 9.47 Å². The number of carbonyl (C=O) groups excluding carboxylic acids is 2. The van der Waals surface area contributed by atoms with Gasteiger partial charge in [-0.05, 0) is 25.3 Å². The summed E-state index contributed by atoms with van der Waals surface area (Å²) in [4.78, 5) is 44.5. The molecule has 2 heterocycles. The first kappa shape index (κ1) is 21.3. The first-order chi connectivity index (χ1) is 15.0. The van der Waals surface area contributed by atoms with Gasteiger partial charge in [-0.1, -0.05) is 6.42 Å². The normalized spacial score (nSPS) is 19.1. The quantitative estimate of drug-likeness (QED) is 0.728. The molecular formula is C23H29N3O5. The summed E-state index contributed by atoms with van der Waals surface area (Å²) in [6.45, 7) is 1.38. The highest BCUT2D eigenvalue weighted by Crippen LogP contribution is 2.30. The molecule has 0 bridgehead atoms. The van der Waals surface area contributed by atoms with Gasteiger partial charge in [-0.25, -0.2) is 4.98 Å². The highest BCUT2D eigenvalue weighted by atomic mass is 16.5. The zero-order valence-corrected chi connectivity index (χ0v) is 18.2. The molecule has 1 aromatic heterocycles. The van der Waals surface area contributed by atoms with E-state index in [1.807, 2.05) is 0 Å². The number of fused-ring (bicyclic) bond motifs is 2. The summed E-state index contributed by atoms with van der Waals surface area (Å²) in [7, 11) is 3.08. The molecule has 1 amide bonds. The Morgan fingerprint density at radius 2 is 1.84 bits per heavy atom. The lowest BCUT2D eigenvalue weighted by Gasteiger charge is -2.23. The molecule has 1 aromatic carbocycles. The lowest BCUT2D eigenvalue weighted by molar-refractivity contribution is -0.132. The minimum Gasteiger partial charge on any atom is -0.493 e. The molecule has 1 unspecified atom stereocenters. The molecule has 0 saturated heterocycles. The fourth-order valence-electron chi connectivity index (χ4n) is 4.65. The third-order valence-corrected chi connectivity index (χ3v) is 6.48. The van der Waals surface area contributed by atoms with Crippen LogP contribution in [0.1, 0.15) is 44.3 Å². The van der Waals surface area contributed by atoms with Gasteiger partial charge in [-0.2, -0.15) is 0 Å². The maximum absolute atomic E-state index is 13.1. The Labute approximate surface area is 181 Å². The Morgan fingerprint density at radius 3 is 2.58 bits per heavy atom. The van der Waals surface area contributed by atoms with Crippen LogP contribution in [0.25, 0.3) is 10.9 Å². The molecule has 1 aliphatic heterocycles. The van der Waals surface area contributed by atoms with Gasteiger partial charge < -0.3 is 14.4 Å². The minimum absolute atomic E-state index is 0.0291. The average Bonchev–Trinajstić information content (AvgIpc) is 3.00. The van der Waals surface area contributed by atoms with Crippen LogP contribution in [0.3, 0.4) is 0 Å². The highest BCUT2D eigenvalue weighted by molar-refractivity contribution is 5.83. The smallest absolute Gasteiger partial charge is 0.261 e. The van der Waals surface area contributed by atoms with Gasteiger partial charge in [0.15, 0.2) is 11.5 Å². The molecule has 1 fully saturated rings. The second-order valence-corrected chi connectivity index (χ2v) is 8.29. The summed E-state index contributed by atoms with van der Waals surface area (Å²) < 4.78 is 12.3. The summed E-state index contributed by atoms with van der Waals surface area (Å²) in [6.07, 6.45) is 5.11. The molecule has 0 spiro atoms. The lowest BCUT2D eigenvalue weighted by atomic mass is 9.85. The third kappa shape index (κ3) is 4.29. The van der Waals surface area contributed by atoms with E-state index < -0.39 is 0 Å². The van der Waals surface area contributed by atoms with Gasteiger partial charge in [-0.15, -0.1) is 0 Å². The van der Waals surface area contributed by atoms with Crippen molar-refractivity contribution in [2.75, 3.05) is 27.3 Å². The number of rotatable bonds is 5. The van der Waals surface area contributed by atoms with Crippen LogP contribution in [-0.2, 0) is 22.6 Å². The van der Waals surface area contributed by atoms with Crippen molar-refractivity contribution < 1.29 is 19.1 Å². The van der Waals surface area contributed by atoms with Crippen LogP contribution in [0.4, 0.5) is 0 Å².